The number of benzene rings is 3. The molecule has 0 aliphatic carbocycles. The zero-order valence-electron chi connectivity index (χ0n) is 18.4. The predicted molar refractivity (Wildman–Crippen MR) is 124 cm³/mol. The van der Waals surface area contributed by atoms with E-state index in [-0.39, 0.29) is 35.6 Å². The Balaban J connectivity index is 1.54. The van der Waals surface area contributed by atoms with Crippen LogP contribution < -0.4 is 9.75 Å². The fourth-order valence-electron chi connectivity index (χ4n) is 4.50. The van der Waals surface area contributed by atoms with Crippen molar-refractivity contribution >= 4 is 23.2 Å². The lowest BCUT2D eigenvalue weighted by Crippen LogP contribution is -2.39. The number of hydrogen-bond donors (Lipinski definition) is 1. The van der Waals surface area contributed by atoms with Crippen LogP contribution >= 0.6 is 0 Å². The molecule has 3 aromatic rings. The molecule has 172 valence electrons. The molecule has 7 nitrogen and oxygen atoms in total. The maximum atomic E-state index is 13.6. The molecule has 2 aliphatic rings. The van der Waals surface area contributed by atoms with Crippen LogP contribution in [0.15, 0.2) is 77.9 Å². The Kier molecular flexibility index (Phi) is 5.49. The number of imide groups is 1. The van der Waals surface area contributed by atoms with Crippen LogP contribution in [0.2, 0.25) is 0 Å². The van der Waals surface area contributed by atoms with Crippen molar-refractivity contribution in [2.75, 3.05) is 18.7 Å². The highest BCUT2D eigenvalue weighted by molar-refractivity contribution is 6.26. The van der Waals surface area contributed by atoms with E-state index in [0.717, 1.165) is 5.56 Å². The summed E-state index contributed by atoms with van der Waals surface area (Å²) >= 11 is 0. The van der Waals surface area contributed by atoms with Gasteiger partial charge in [-0.05, 0) is 48.4 Å². The van der Waals surface area contributed by atoms with E-state index in [1.54, 1.807) is 18.2 Å². The largest absolute Gasteiger partial charge is 0.504 e. The Hall–Kier alpha value is -4.20. The molecule has 1 fully saturated rings. The Labute approximate surface area is 195 Å². The Morgan fingerprint density at radius 2 is 1.71 bits per heavy atom. The predicted octanol–water partition coefficient (Wildman–Crippen LogP) is 3.36. The molecule has 34 heavy (non-hydrogen) atoms. The van der Waals surface area contributed by atoms with Gasteiger partial charge in [-0.3, -0.25) is 19.5 Å². The van der Waals surface area contributed by atoms with Crippen molar-refractivity contribution in [3.8, 4) is 11.5 Å². The third-order valence-electron chi connectivity index (χ3n) is 6.19. The summed E-state index contributed by atoms with van der Waals surface area (Å²) in [6.45, 7) is 0.226. The summed E-state index contributed by atoms with van der Waals surface area (Å²) < 4.78 is 18.8. The van der Waals surface area contributed by atoms with Gasteiger partial charge in [0.05, 0.1) is 18.5 Å². The van der Waals surface area contributed by atoms with E-state index in [9.17, 15) is 19.1 Å². The third kappa shape index (κ3) is 3.57. The first-order valence-corrected chi connectivity index (χ1v) is 10.9. The molecular formula is C26H22FN3O4. The van der Waals surface area contributed by atoms with Gasteiger partial charge in [-0.1, -0.05) is 36.4 Å². The molecule has 3 aromatic carbocycles. The molecule has 2 aliphatic heterocycles. The summed E-state index contributed by atoms with van der Waals surface area (Å²) in [6, 6.07) is 19.2. The van der Waals surface area contributed by atoms with Gasteiger partial charge in [-0.25, -0.2) is 4.39 Å². The fourth-order valence-corrected chi connectivity index (χ4v) is 4.50. The number of fused-ring (bicyclic) bond motifs is 1. The highest BCUT2D eigenvalue weighted by atomic mass is 19.1. The average Bonchev–Trinajstić information content (AvgIpc) is 3.36. The summed E-state index contributed by atoms with van der Waals surface area (Å²) in [5.74, 6) is -2.02. The van der Waals surface area contributed by atoms with Crippen LogP contribution in [0.5, 0.6) is 11.5 Å². The number of aromatic hydroxyl groups is 1. The number of nitrogens with zero attached hydrogens (tertiary/aromatic N) is 3. The number of hydrogen-bond acceptors (Lipinski definition) is 6. The van der Waals surface area contributed by atoms with Crippen LogP contribution in [0, 0.1) is 11.7 Å². The molecule has 2 heterocycles. The van der Waals surface area contributed by atoms with Crippen LogP contribution in [0.1, 0.15) is 11.1 Å². The van der Waals surface area contributed by atoms with E-state index < -0.39 is 17.8 Å². The van der Waals surface area contributed by atoms with Gasteiger partial charge in [0.2, 0.25) is 5.91 Å². The minimum absolute atomic E-state index is 0.161. The monoisotopic (exact) mass is 459 g/mol. The summed E-state index contributed by atoms with van der Waals surface area (Å²) in [5.41, 5.74) is 2.06. The fraction of sp³-hybridized carbons (Fsp3) is 0.192. The highest BCUT2D eigenvalue weighted by Gasteiger charge is 2.57. The van der Waals surface area contributed by atoms with Gasteiger partial charge < -0.3 is 9.84 Å². The van der Waals surface area contributed by atoms with E-state index in [2.05, 4.69) is 5.10 Å². The molecule has 0 spiro atoms. The molecular weight excluding hydrogens is 437 g/mol. The van der Waals surface area contributed by atoms with Crippen LogP contribution in [0.3, 0.4) is 0 Å². The van der Waals surface area contributed by atoms with Gasteiger partial charge in [-0.2, -0.15) is 5.10 Å². The van der Waals surface area contributed by atoms with Gasteiger partial charge in [0.25, 0.3) is 5.91 Å². The standard InChI is InChI=1S/C26H22FN3O4/c1-34-20-9-5-8-19(24(20)31)22-21-23(30(28-22)18-12-10-17(27)11-13-18)26(33)29(25(21)32)15-14-16-6-3-2-4-7-16/h2-13,21,23,31H,14-15H2,1H3. The Morgan fingerprint density at radius 3 is 2.41 bits per heavy atom. The number of methoxy groups -OCH3 is 1. The molecule has 0 saturated carbocycles. The lowest BCUT2D eigenvalue weighted by atomic mass is 9.92. The zero-order chi connectivity index (χ0) is 23.8. The van der Waals surface area contributed by atoms with Gasteiger partial charge >= 0.3 is 0 Å². The lowest BCUT2D eigenvalue weighted by Gasteiger charge is -2.22. The number of ether oxygens (including phenoxy) is 1. The van der Waals surface area contributed by atoms with Gasteiger partial charge in [0.1, 0.15) is 17.8 Å². The van der Waals surface area contributed by atoms with Crippen molar-refractivity contribution in [3.63, 3.8) is 0 Å². The molecule has 8 heteroatoms. The van der Waals surface area contributed by atoms with Crippen LogP contribution in [0.4, 0.5) is 10.1 Å². The molecule has 5 rings (SSSR count). The number of carbonyl (C=O) groups excluding carboxylic acids is 2. The molecule has 0 aromatic heterocycles. The number of halogens is 1. The summed E-state index contributed by atoms with van der Waals surface area (Å²) in [5, 5.41) is 16.8. The van der Waals surface area contributed by atoms with Crippen molar-refractivity contribution in [2.24, 2.45) is 11.0 Å². The Morgan fingerprint density at radius 1 is 0.971 bits per heavy atom. The molecule has 0 radical (unpaired) electrons. The number of amides is 2. The van der Waals surface area contributed by atoms with Gasteiger partial charge in [-0.15, -0.1) is 0 Å². The molecule has 2 atom stereocenters. The molecule has 2 unspecified atom stereocenters. The minimum atomic E-state index is -0.922. The van der Waals surface area contributed by atoms with E-state index in [0.29, 0.717) is 17.7 Å². The zero-order valence-corrected chi connectivity index (χ0v) is 18.4. The second-order valence-electron chi connectivity index (χ2n) is 8.15. The summed E-state index contributed by atoms with van der Waals surface area (Å²) in [7, 11) is 1.43. The third-order valence-corrected chi connectivity index (χ3v) is 6.19. The average molecular weight is 459 g/mol. The number of likely N-dealkylation sites (tertiary alicyclic amines) is 1. The van der Waals surface area contributed by atoms with Crippen LogP contribution in [-0.4, -0.2) is 47.2 Å². The maximum Gasteiger partial charge on any atom is 0.255 e. The number of rotatable bonds is 6. The van der Waals surface area contributed by atoms with Crippen molar-refractivity contribution in [1.82, 2.24) is 4.90 Å². The summed E-state index contributed by atoms with van der Waals surface area (Å²) in [4.78, 5) is 28.3. The summed E-state index contributed by atoms with van der Waals surface area (Å²) in [6.07, 6.45) is 0.519. The molecule has 2 amide bonds. The Bertz CT molecular complexity index is 1280. The maximum absolute atomic E-state index is 13.6. The molecule has 1 N–H and O–H groups in total. The van der Waals surface area contributed by atoms with Crippen LogP contribution in [0.25, 0.3) is 0 Å². The lowest BCUT2D eigenvalue weighted by molar-refractivity contribution is -0.139. The number of hydrazone groups is 1. The first kappa shape index (κ1) is 21.6. The van der Waals surface area contributed by atoms with E-state index in [4.69, 9.17) is 4.74 Å². The second-order valence-corrected chi connectivity index (χ2v) is 8.15. The van der Waals surface area contributed by atoms with Gasteiger partial charge in [0, 0.05) is 12.1 Å². The van der Waals surface area contributed by atoms with Crippen molar-refractivity contribution in [2.45, 2.75) is 12.5 Å². The van der Waals surface area contributed by atoms with E-state index in [1.165, 1.54) is 41.3 Å². The first-order valence-electron chi connectivity index (χ1n) is 10.9. The molecule has 0 bridgehead atoms. The van der Waals surface area contributed by atoms with E-state index in [1.807, 2.05) is 30.3 Å². The quantitative estimate of drug-likeness (QED) is 0.572. The second kappa shape index (κ2) is 8.62. The van der Waals surface area contributed by atoms with Crippen molar-refractivity contribution in [3.05, 3.63) is 89.7 Å². The van der Waals surface area contributed by atoms with E-state index >= 15 is 0 Å². The number of para-hydroxylation sites is 1. The normalized spacial score (nSPS) is 19.4. The van der Waals surface area contributed by atoms with Crippen LogP contribution in [-0.2, 0) is 16.0 Å². The van der Waals surface area contributed by atoms with Gasteiger partial charge in [0.15, 0.2) is 11.5 Å². The minimum Gasteiger partial charge on any atom is -0.504 e. The smallest absolute Gasteiger partial charge is 0.255 e. The number of carbonyl (C=O) groups is 2. The highest BCUT2D eigenvalue weighted by Crippen LogP contribution is 2.41. The van der Waals surface area contributed by atoms with Crippen molar-refractivity contribution < 1.29 is 23.8 Å². The van der Waals surface area contributed by atoms with Crippen molar-refractivity contribution in [1.29, 1.82) is 0 Å². The SMILES string of the molecule is COc1cccc(C2=NN(c3ccc(F)cc3)C3C(=O)N(CCc4ccccc4)C(=O)C23)c1O. The first-order chi connectivity index (χ1) is 16.5. The number of anilines is 1. The molecule has 1 saturated heterocycles. The number of phenols is 1. The number of phenolic OH excluding ortho intramolecular Hbond substituents is 1. The topological polar surface area (TPSA) is 82.4 Å².